The van der Waals surface area contributed by atoms with Gasteiger partial charge in [0.25, 0.3) is 5.91 Å². The maximum absolute atomic E-state index is 12.7. The van der Waals surface area contributed by atoms with E-state index in [1.54, 1.807) is 42.5 Å². The van der Waals surface area contributed by atoms with Gasteiger partial charge in [0, 0.05) is 28.9 Å². The molecule has 1 heterocycles. The summed E-state index contributed by atoms with van der Waals surface area (Å²) < 4.78 is 5.26. The lowest BCUT2D eigenvalue weighted by Gasteiger charge is -2.10. The fourth-order valence-corrected chi connectivity index (χ4v) is 3.23. The molecule has 3 aromatic carbocycles. The van der Waals surface area contributed by atoms with Gasteiger partial charge in [-0.05, 0) is 48.0 Å². The molecule has 0 radical (unpaired) electrons. The minimum absolute atomic E-state index is 0.0444. The number of aromatic hydroxyl groups is 3. The van der Waals surface area contributed by atoms with E-state index in [4.69, 9.17) is 9.52 Å². The van der Waals surface area contributed by atoms with E-state index >= 15 is 0 Å². The summed E-state index contributed by atoms with van der Waals surface area (Å²) in [5, 5.41) is 41.4. The van der Waals surface area contributed by atoms with Gasteiger partial charge in [-0.3, -0.25) is 4.79 Å². The molecule has 0 aliphatic carbocycles. The third-order valence-electron chi connectivity index (χ3n) is 4.77. The van der Waals surface area contributed by atoms with Crippen molar-refractivity contribution in [2.45, 2.75) is 0 Å². The van der Waals surface area contributed by atoms with Gasteiger partial charge >= 0.3 is 5.97 Å². The number of anilines is 1. The fourth-order valence-electron chi connectivity index (χ4n) is 3.23. The molecule has 0 fully saturated rings. The van der Waals surface area contributed by atoms with Crippen LogP contribution in [0, 0.1) is 0 Å². The summed E-state index contributed by atoms with van der Waals surface area (Å²) in [6.45, 7) is 0. The van der Waals surface area contributed by atoms with E-state index in [2.05, 4.69) is 5.32 Å². The fraction of sp³-hybridized carbons (Fsp3) is 0. The maximum Gasteiger partial charge on any atom is 0.338 e. The number of hydrogen-bond acceptors (Lipinski definition) is 6. The molecule has 160 valence electrons. The highest BCUT2D eigenvalue weighted by atomic mass is 16.4. The molecule has 0 aliphatic rings. The zero-order valence-electron chi connectivity index (χ0n) is 16.4. The van der Waals surface area contributed by atoms with E-state index in [0.29, 0.717) is 22.6 Å². The van der Waals surface area contributed by atoms with Crippen LogP contribution in [-0.4, -0.2) is 32.3 Å². The molecule has 0 saturated heterocycles. The summed E-state index contributed by atoms with van der Waals surface area (Å²) in [7, 11) is 0. The van der Waals surface area contributed by atoms with Gasteiger partial charge in [0.1, 0.15) is 29.3 Å². The number of aromatic carboxylic acids is 1. The number of amides is 1. The highest BCUT2D eigenvalue weighted by Gasteiger charge is 2.15. The first kappa shape index (κ1) is 20.5. The van der Waals surface area contributed by atoms with E-state index in [9.17, 15) is 24.9 Å². The molecule has 0 bridgehead atoms. The molecule has 0 aliphatic heterocycles. The molecule has 8 nitrogen and oxygen atoms in total. The van der Waals surface area contributed by atoms with Crippen molar-refractivity contribution in [2.24, 2.45) is 0 Å². The predicted molar refractivity (Wildman–Crippen MR) is 116 cm³/mol. The molecular formula is C24H17NO7. The number of carbonyl (C=O) groups is 2. The lowest BCUT2D eigenvalue weighted by atomic mass is 10.0. The third-order valence-corrected chi connectivity index (χ3v) is 4.77. The Labute approximate surface area is 181 Å². The van der Waals surface area contributed by atoms with Crippen LogP contribution in [0.4, 0.5) is 5.69 Å². The first-order chi connectivity index (χ1) is 15.3. The lowest BCUT2D eigenvalue weighted by Crippen LogP contribution is -2.11. The van der Waals surface area contributed by atoms with Crippen LogP contribution in [0.1, 0.15) is 20.7 Å². The summed E-state index contributed by atoms with van der Waals surface area (Å²) in [6.07, 6.45) is 1.16. The van der Waals surface area contributed by atoms with E-state index < -0.39 is 11.9 Å². The summed E-state index contributed by atoms with van der Waals surface area (Å²) >= 11 is 0. The summed E-state index contributed by atoms with van der Waals surface area (Å²) in [5.74, 6) is -2.03. The monoisotopic (exact) mass is 431 g/mol. The number of carboxylic acids is 1. The SMILES string of the molecule is O=C(O)c1coc(-c2ccc(NC(=O)c3cccc(-c4c(O)cc(O)cc4O)c3)cc2)c1. The molecular weight excluding hydrogens is 414 g/mol. The normalized spacial score (nSPS) is 10.6. The second kappa shape index (κ2) is 8.19. The molecule has 4 aromatic rings. The lowest BCUT2D eigenvalue weighted by molar-refractivity contribution is 0.0696. The Bertz CT molecular complexity index is 1300. The maximum atomic E-state index is 12.7. The molecule has 1 aromatic heterocycles. The van der Waals surface area contributed by atoms with Crippen LogP contribution >= 0.6 is 0 Å². The average molecular weight is 431 g/mol. The quantitative estimate of drug-likeness (QED) is 0.309. The highest BCUT2D eigenvalue weighted by Crippen LogP contribution is 2.40. The van der Waals surface area contributed by atoms with Gasteiger partial charge in [-0.15, -0.1) is 0 Å². The Morgan fingerprint density at radius 3 is 2.09 bits per heavy atom. The number of carboxylic acid groups (broad SMARTS) is 1. The molecule has 4 rings (SSSR count). The van der Waals surface area contributed by atoms with Gasteiger partial charge in [0.15, 0.2) is 0 Å². The van der Waals surface area contributed by atoms with Crippen molar-refractivity contribution in [1.29, 1.82) is 0 Å². The third kappa shape index (κ3) is 4.10. The summed E-state index contributed by atoms with van der Waals surface area (Å²) in [4.78, 5) is 23.7. The molecule has 0 saturated carbocycles. The van der Waals surface area contributed by atoms with Crippen LogP contribution in [0.3, 0.4) is 0 Å². The Balaban J connectivity index is 1.53. The van der Waals surface area contributed by atoms with E-state index in [1.165, 1.54) is 12.1 Å². The topological polar surface area (TPSA) is 140 Å². The number of nitrogens with one attached hydrogen (secondary N) is 1. The highest BCUT2D eigenvalue weighted by molar-refractivity contribution is 6.05. The first-order valence-corrected chi connectivity index (χ1v) is 9.41. The van der Waals surface area contributed by atoms with Gasteiger partial charge in [-0.25, -0.2) is 4.79 Å². The van der Waals surface area contributed by atoms with E-state index in [-0.39, 0.29) is 33.9 Å². The van der Waals surface area contributed by atoms with Crippen LogP contribution in [0.25, 0.3) is 22.5 Å². The molecule has 0 atom stereocenters. The van der Waals surface area contributed by atoms with Gasteiger partial charge in [-0.1, -0.05) is 12.1 Å². The number of rotatable bonds is 5. The number of phenols is 3. The number of furan rings is 1. The molecule has 1 amide bonds. The van der Waals surface area contributed by atoms with Crippen LogP contribution in [0.2, 0.25) is 0 Å². The molecule has 0 spiro atoms. The van der Waals surface area contributed by atoms with E-state index in [0.717, 1.165) is 18.4 Å². The predicted octanol–water partition coefficient (Wildman–Crippen LogP) is 4.68. The zero-order valence-corrected chi connectivity index (χ0v) is 16.4. The molecule has 5 N–H and O–H groups in total. The van der Waals surface area contributed by atoms with Gasteiger partial charge in [0.2, 0.25) is 0 Å². The Kier molecular flexibility index (Phi) is 5.26. The van der Waals surface area contributed by atoms with Crippen molar-refractivity contribution in [3.63, 3.8) is 0 Å². The van der Waals surface area contributed by atoms with E-state index in [1.807, 2.05) is 0 Å². The van der Waals surface area contributed by atoms with Crippen LogP contribution < -0.4 is 5.32 Å². The van der Waals surface area contributed by atoms with Gasteiger partial charge < -0.3 is 30.2 Å². The summed E-state index contributed by atoms with van der Waals surface area (Å²) in [6, 6.07) is 16.6. The number of carbonyl (C=O) groups excluding carboxylic acids is 1. The number of phenolic OH excluding ortho intramolecular Hbond substituents is 3. The molecule has 32 heavy (non-hydrogen) atoms. The Morgan fingerprint density at radius 2 is 1.47 bits per heavy atom. The van der Waals surface area contributed by atoms with Gasteiger partial charge in [-0.2, -0.15) is 0 Å². The second-order valence-electron chi connectivity index (χ2n) is 6.98. The standard InChI is InChI=1S/C24H17NO7/c26-18-10-19(27)22(20(28)11-18)14-2-1-3-15(8-14)23(29)25-17-6-4-13(5-7-17)21-9-16(12-32-21)24(30)31/h1-12,26-28H,(H,25,29)(H,30,31). The zero-order chi connectivity index (χ0) is 22.8. The average Bonchev–Trinajstić information content (AvgIpc) is 3.24. The van der Waals surface area contributed by atoms with Crippen LogP contribution in [0.5, 0.6) is 17.2 Å². The molecule has 8 heteroatoms. The number of hydrogen-bond donors (Lipinski definition) is 5. The number of benzene rings is 3. The van der Waals surface area contributed by atoms with Crippen molar-refractivity contribution in [3.05, 3.63) is 84.1 Å². The van der Waals surface area contributed by atoms with Gasteiger partial charge in [0.05, 0.1) is 11.1 Å². The smallest absolute Gasteiger partial charge is 0.338 e. The van der Waals surface area contributed by atoms with Crippen molar-refractivity contribution in [1.82, 2.24) is 0 Å². The largest absolute Gasteiger partial charge is 0.508 e. The Morgan fingerprint density at radius 1 is 0.781 bits per heavy atom. The minimum atomic E-state index is -1.08. The minimum Gasteiger partial charge on any atom is -0.508 e. The Hall–Kier alpha value is -4.72. The summed E-state index contributed by atoms with van der Waals surface area (Å²) in [5.41, 5.74) is 1.98. The van der Waals surface area contributed by atoms with Crippen molar-refractivity contribution < 1.29 is 34.4 Å². The van der Waals surface area contributed by atoms with Crippen LogP contribution in [-0.2, 0) is 0 Å². The second-order valence-corrected chi connectivity index (χ2v) is 6.98. The van der Waals surface area contributed by atoms with Crippen LogP contribution in [0.15, 0.2) is 77.4 Å². The van der Waals surface area contributed by atoms with Crippen molar-refractivity contribution in [3.8, 4) is 39.7 Å². The van der Waals surface area contributed by atoms with Crippen molar-refractivity contribution >= 4 is 17.6 Å². The van der Waals surface area contributed by atoms with Crippen molar-refractivity contribution in [2.75, 3.05) is 5.32 Å². The molecule has 0 unspecified atom stereocenters. The first-order valence-electron chi connectivity index (χ1n) is 9.41.